The van der Waals surface area contributed by atoms with Crippen molar-refractivity contribution >= 4 is 29.0 Å². The molecule has 28 heavy (non-hydrogen) atoms. The van der Waals surface area contributed by atoms with E-state index in [1.165, 1.54) is 0 Å². The lowest BCUT2D eigenvalue weighted by atomic mass is 9.97. The fourth-order valence-corrected chi connectivity index (χ4v) is 2.93. The van der Waals surface area contributed by atoms with E-state index in [2.05, 4.69) is 10.5 Å². The van der Waals surface area contributed by atoms with E-state index in [9.17, 15) is 4.79 Å². The van der Waals surface area contributed by atoms with Gasteiger partial charge >= 0.3 is 0 Å². The third kappa shape index (κ3) is 4.86. The zero-order valence-electron chi connectivity index (χ0n) is 16.3. The summed E-state index contributed by atoms with van der Waals surface area (Å²) in [7, 11) is 1.65. The Labute approximate surface area is 165 Å². The molecule has 0 bridgehead atoms. The van der Waals surface area contributed by atoms with Crippen LogP contribution >= 0.6 is 0 Å². The van der Waals surface area contributed by atoms with E-state index in [4.69, 9.17) is 4.74 Å². The second-order valence-electron chi connectivity index (χ2n) is 6.73. The van der Waals surface area contributed by atoms with Gasteiger partial charge < -0.3 is 4.74 Å². The predicted molar refractivity (Wildman–Crippen MR) is 116 cm³/mol. The molecule has 0 radical (unpaired) electrons. The second kappa shape index (κ2) is 9.00. The molecule has 0 fully saturated rings. The summed E-state index contributed by atoms with van der Waals surface area (Å²) in [6.07, 6.45) is 3.67. The minimum atomic E-state index is -0.304. The molecule has 1 amide bonds. The Morgan fingerprint density at radius 2 is 1.75 bits per heavy atom. The summed E-state index contributed by atoms with van der Waals surface area (Å²) in [5.41, 5.74) is 5.63. The number of allylic oxidation sites excluding steroid dienone is 1. The molecule has 3 aromatic carbocycles. The maximum atomic E-state index is 12.5. The van der Waals surface area contributed by atoms with Crippen molar-refractivity contribution < 1.29 is 9.53 Å². The van der Waals surface area contributed by atoms with Crippen molar-refractivity contribution in [2.24, 2.45) is 5.10 Å². The number of rotatable bonds is 6. The molecule has 1 N–H and O–H groups in total. The van der Waals surface area contributed by atoms with Gasteiger partial charge in [-0.3, -0.25) is 4.79 Å². The molecular formula is C24H24N2O2. The molecule has 0 aliphatic heterocycles. The summed E-state index contributed by atoms with van der Waals surface area (Å²) in [6.45, 7) is 3.83. The first kappa shape index (κ1) is 19.4. The molecule has 4 heteroatoms. The summed E-state index contributed by atoms with van der Waals surface area (Å²) < 4.78 is 5.25. The Hall–Kier alpha value is -3.40. The van der Waals surface area contributed by atoms with Crippen LogP contribution in [0.15, 0.2) is 77.4 Å². The zero-order chi connectivity index (χ0) is 19.9. The molecule has 3 aromatic rings. The van der Waals surface area contributed by atoms with Crippen molar-refractivity contribution in [2.45, 2.75) is 19.8 Å². The monoisotopic (exact) mass is 372 g/mol. The van der Waals surface area contributed by atoms with Crippen molar-refractivity contribution in [1.82, 2.24) is 5.43 Å². The number of benzene rings is 3. The first-order valence-corrected chi connectivity index (χ1v) is 9.21. The average Bonchev–Trinajstić information content (AvgIpc) is 2.73. The van der Waals surface area contributed by atoms with Gasteiger partial charge in [0.1, 0.15) is 5.75 Å². The first-order chi connectivity index (χ1) is 13.6. The summed E-state index contributed by atoms with van der Waals surface area (Å²) >= 11 is 0. The SMILES string of the molecule is COc1ccc2cc(C(C)C(=O)NN=CC(C)=Cc3ccccc3)ccc2c1. The molecule has 0 aliphatic rings. The fraction of sp³-hybridized carbons (Fsp3) is 0.167. The topological polar surface area (TPSA) is 50.7 Å². The van der Waals surface area contributed by atoms with Crippen LogP contribution < -0.4 is 10.2 Å². The molecule has 0 aromatic heterocycles. The molecule has 0 spiro atoms. The number of nitrogens with zero attached hydrogens (tertiary/aromatic N) is 1. The largest absolute Gasteiger partial charge is 0.497 e. The van der Waals surface area contributed by atoms with Crippen LogP contribution in [0.5, 0.6) is 5.75 Å². The second-order valence-corrected chi connectivity index (χ2v) is 6.73. The van der Waals surface area contributed by atoms with Crippen molar-refractivity contribution in [3.8, 4) is 5.75 Å². The highest BCUT2D eigenvalue weighted by molar-refractivity contribution is 5.90. The van der Waals surface area contributed by atoms with Crippen molar-refractivity contribution in [3.63, 3.8) is 0 Å². The third-order valence-corrected chi connectivity index (χ3v) is 4.60. The van der Waals surface area contributed by atoms with Gasteiger partial charge in [0.15, 0.2) is 0 Å². The molecule has 1 atom stereocenters. The number of carbonyl (C=O) groups is 1. The molecule has 3 rings (SSSR count). The van der Waals surface area contributed by atoms with Gasteiger partial charge in [0.25, 0.3) is 0 Å². The molecule has 0 saturated heterocycles. The molecule has 0 saturated carbocycles. The highest BCUT2D eigenvalue weighted by Gasteiger charge is 2.15. The van der Waals surface area contributed by atoms with Crippen LogP contribution in [-0.4, -0.2) is 19.2 Å². The summed E-state index contributed by atoms with van der Waals surface area (Å²) in [6, 6.07) is 21.9. The van der Waals surface area contributed by atoms with Gasteiger partial charge in [-0.1, -0.05) is 60.7 Å². The van der Waals surface area contributed by atoms with E-state index >= 15 is 0 Å². The Balaban J connectivity index is 1.65. The average molecular weight is 372 g/mol. The lowest BCUT2D eigenvalue weighted by molar-refractivity contribution is -0.122. The number of amides is 1. The van der Waals surface area contributed by atoms with Gasteiger partial charge in [-0.25, -0.2) is 5.43 Å². The lowest BCUT2D eigenvalue weighted by Gasteiger charge is -2.11. The van der Waals surface area contributed by atoms with Crippen LogP contribution in [0.1, 0.15) is 30.9 Å². The molecule has 142 valence electrons. The van der Waals surface area contributed by atoms with E-state index in [1.54, 1.807) is 13.3 Å². The smallest absolute Gasteiger partial charge is 0.247 e. The van der Waals surface area contributed by atoms with Crippen LogP contribution in [0, 0.1) is 0 Å². The van der Waals surface area contributed by atoms with E-state index in [0.717, 1.165) is 33.2 Å². The number of ether oxygens (including phenoxy) is 1. The van der Waals surface area contributed by atoms with Gasteiger partial charge in [-0.05, 0) is 53.5 Å². The highest BCUT2D eigenvalue weighted by atomic mass is 16.5. The highest BCUT2D eigenvalue weighted by Crippen LogP contribution is 2.25. The van der Waals surface area contributed by atoms with Gasteiger partial charge in [-0.2, -0.15) is 5.10 Å². The summed E-state index contributed by atoms with van der Waals surface area (Å²) in [4.78, 5) is 12.5. The van der Waals surface area contributed by atoms with Crippen LogP contribution in [0.25, 0.3) is 16.8 Å². The minimum Gasteiger partial charge on any atom is -0.497 e. The first-order valence-electron chi connectivity index (χ1n) is 9.21. The van der Waals surface area contributed by atoms with Gasteiger partial charge in [0.05, 0.1) is 19.2 Å². The molecule has 0 aliphatic carbocycles. The summed E-state index contributed by atoms with van der Waals surface area (Å²) in [5, 5.41) is 6.24. The molecular weight excluding hydrogens is 348 g/mol. The number of fused-ring (bicyclic) bond motifs is 1. The fourth-order valence-electron chi connectivity index (χ4n) is 2.93. The van der Waals surface area contributed by atoms with E-state index in [-0.39, 0.29) is 11.8 Å². The maximum Gasteiger partial charge on any atom is 0.247 e. The van der Waals surface area contributed by atoms with Crippen LogP contribution in [-0.2, 0) is 4.79 Å². The standard InChI is InChI=1S/C24H24N2O2/c1-17(13-19-7-5-4-6-8-19)16-25-26-24(27)18(2)20-9-10-22-15-23(28-3)12-11-21(22)14-20/h4-16,18H,1-3H3,(H,26,27). The Bertz CT molecular complexity index is 1020. The van der Waals surface area contributed by atoms with Gasteiger partial charge in [-0.15, -0.1) is 0 Å². The summed E-state index contributed by atoms with van der Waals surface area (Å²) in [5.74, 6) is 0.373. The predicted octanol–water partition coefficient (Wildman–Crippen LogP) is 5.16. The van der Waals surface area contributed by atoms with Crippen LogP contribution in [0.3, 0.4) is 0 Å². The van der Waals surface area contributed by atoms with Crippen molar-refractivity contribution in [2.75, 3.05) is 7.11 Å². The number of hydrogen-bond acceptors (Lipinski definition) is 3. The van der Waals surface area contributed by atoms with E-state index in [0.29, 0.717) is 0 Å². The zero-order valence-corrected chi connectivity index (χ0v) is 16.3. The Morgan fingerprint density at radius 1 is 1.04 bits per heavy atom. The normalized spacial score (nSPS) is 12.9. The number of methoxy groups -OCH3 is 1. The number of hydrogen-bond donors (Lipinski definition) is 1. The number of nitrogens with one attached hydrogen (secondary N) is 1. The lowest BCUT2D eigenvalue weighted by Crippen LogP contribution is -2.23. The third-order valence-electron chi connectivity index (χ3n) is 4.60. The molecule has 0 heterocycles. The Morgan fingerprint density at radius 3 is 2.50 bits per heavy atom. The van der Waals surface area contributed by atoms with E-state index < -0.39 is 0 Å². The minimum absolute atomic E-state index is 0.142. The maximum absolute atomic E-state index is 12.5. The molecule has 1 unspecified atom stereocenters. The number of carbonyl (C=O) groups excluding carboxylic acids is 1. The number of hydrazone groups is 1. The van der Waals surface area contributed by atoms with Crippen molar-refractivity contribution in [3.05, 3.63) is 83.4 Å². The molecule has 4 nitrogen and oxygen atoms in total. The van der Waals surface area contributed by atoms with Crippen LogP contribution in [0.4, 0.5) is 0 Å². The van der Waals surface area contributed by atoms with Gasteiger partial charge in [0.2, 0.25) is 5.91 Å². The Kier molecular flexibility index (Phi) is 6.22. The van der Waals surface area contributed by atoms with Crippen molar-refractivity contribution in [1.29, 1.82) is 0 Å². The quantitative estimate of drug-likeness (QED) is 0.480. The van der Waals surface area contributed by atoms with E-state index in [1.807, 2.05) is 86.7 Å². The van der Waals surface area contributed by atoms with Crippen LogP contribution in [0.2, 0.25) is 0 Å². The van der Waals surface area contributed by atoms with Gasteiger partial charge in [0, 0.05) is 0 Å².